The number of amides is 1. The Bertz CT molecular complexity index is 1220. The number of allylic oxidation sites excluding steroid dienone is 1. The van der Waals surface area contributed by atoms with Crippen LogP contribution in [0.4, 0.5) is 0 Å². The van der Waals surface area contributed by atoms with Gasteiger partial charge in [-0.2, -0.15) is 0 Å². The van der Waals surface area contributed by atoms with Crippen LogP contribution < -0.4 is 0 Å². The van der Waals surface area contributed by atoms with Crippen LogP contribution in [0, 0.1) is 0 Å². The lowest BCUT2D eigenvalue weighted by Crippen LogP contribution is -2.12. The predicted molar refractivity (Wildman–Crippen MR) is 113 cm³/mol. The zero-order valence-electron chi connectivity index (χ0n) is 14.9. The Kier molecular flexibility index (Phi) is 3.10. The SMILES string of the molecule is CC(=O)N=C1CC=Cc2cc3c(cc21)C1SC3c2cc3ccccc3cc21. The molecule has 6 rings (SSSR count). The number of rotatable bonds is 0. The molecule has 0 N–H and O–H groups in total. The van der Waals surface area contributed by atoms with Crippen LogP contribution in [0.15, 0.2) is 59.6 Å². The van der Waals surface area contributed by atoms with E-state index in [9.17, 15) is 4.79 Å². The summed E-state index contributed by atoms with van der Waals surface area (Å²) >= 11 is 2.04. The minimum Gasteiger partial charge on any atom is -0.273 e. The minimum absolute atomic E-state index is 0.126. The van der Waals surface area contributed by atoms with E-state index in [-0.39, 0.29) is 5.91 Å². The molecule has 1 aliphatic carbocycles. The number of carbonyl (C=O) groups is 1. The van der Waals surface area contributed by atoms with Crippen LogP contribution in [0.5, 0.6) is 0 Å². The van der Waals surface area contributed by atoms with E-state index < -0.39 is 0 Å². The largest absolute Gasteiger partial charge is 0.273 e. The second-order valence-corrected chi connectivity index (χ2v) is 8.69. The van der Waals surface area contributed by atoms with E-state index in [2.05, 4.69) is 65.7 Å². The molecule has 0 radical (unpaired) electrons. The van der Waals surface area contributed by atoms with Gasteiger partial charge in [0, 0.05) is 18.9 Å². The maximum absolute atomic E-state index is 11.6. The van der Waals surface area contributed by atoms with Gasteiger partial charge in [-0.1, -0.05) is 36.4 Å². The molecule has 2 bridgehead atoms. The van der Waals surface area contributed by atoms with Crippen molar-refractivity contribution in [3.05, 3.63) is 88.0 Å². The molecule has 2 unspecified atom stereocenters. The molecule has 3 aromatic rings. The average Bonchev–Trinajstić information content (AvgIpc) is 3.21. The number of nitrogens with zero attached hydrogens (tertiary/aromatic N) is 1. The topological polar surface area (TPSA) is 29.4 Å². The molecule has 2 heterocycles. The summed E-state index contributed by atoms with van der Waals surface area (Å²) in [6, 6.07) is 18.0. The van der Waals surface area contributed by atoms with Gasteiger partial charge in [-0.05, 0) is 62.9 Å². The normalized spacial score (nSPS) is 22.8. The highest BCUT2D eigenvalue weighted by molar-refractivity contribution is 8.00. The first kappa shape index (κ1) is 15.4. The Labute approximate surface area is 162 Å². The highest BCUT2D eigenvalue weighted by atomic mass is 32.2. The molecule has 2 atom stereocenters. The van der Waals surface area contributed by atoms with Gasteiger partial charge in [-0.15, -0.1) is 11.8 Å². The van der Waals surface area contributed by atoms with Crippen LogP contribution in [0.25, 0.3) is 16.8 Å². The van der Waals surface area contributed by atoms with Gasteiger partial charge >= 0.3 is 0 Å². The molecule has 0 fully saturated rings. The highest BCUT2D eigenvalue weighted by Gasteiger charge is 2.43. The molecule has 2 aliphatic heterocycles. The maximum atomic E-state index is 11.6. The number of fused-ring (bicyclic) bond motifs is 10. The van der Waals surface area contributed by atoms with Crippen LogP contribution in [-0.4, -0.2) is 11.6 Å². The molecule has 27 heavy (non-hydrogen) atoms. The van der Waals surface area contributed by atoms with Gasteiger partial charge in [0.25, 0.3) is 0 Å². The summed E-state index contributed by atoms with van der Waals surface area (Å²) in [5.41, 5.74) is 8.96. The first-order valence-corrected chi connectivity index (χ1v) is 10.2. The van der Waals surface area contributed by atoms with E-state index in [0.717, 1.165) is 17.7 Å². The Morgan fingerprint density at radius 1 is 0.963 bits per heavy atom. The Hall–Kier alpha value is -2.65. The molecule has 0 aromatic heterocycles. The quantitative estimate of drug-likeness (QED) is 0.500. The fourth-order valence-electron chi connectivity index (χ4n) is 4.69. The van der Waals surface area contributed by atoms with Gasteiger partial charge in [-0.3, -0.25) is 4.79 Å². The van der Waals surface area contributed by atoms with E-state index in [1.807, 2.05) is 11.8 Å². The molecule has 130 valence electrons. The summed E-state index contributed by atoms with van der Waals surface area (Å²) in [6.07, 6.45) is 5.01. The van der Waals surface area contributed by atoms with Crippen molar-refractivity contribution in [2.45, 2.75) is 23.8 Å². The van der Waals surface area contributed by atoms with Gasteiger partial charge in [-0.25, -0.2) is 4.99 Å². The standard InChI is InChI=1S/C24H17NOS/c1-13(26)25-22-8-4-7-16-11-20-21(12-17(16)22)24-19-10-15-6-3-2-5-14(15)9-18(19)23(20)27-24/h2-7,9-12,23-24H,8H2,1H3. The van der Waals surface area contributed by atoms with Crippen LogP contribution in [-0.2, 0) is 4.79 Å². The van der Waals surface area contributed by atoms with Gasteiger partial charge < -0.3 is 0 Å². The summed E-state index contributed by atoms with van der Waals surface area (Å²) < 4.78 is 0. The van der Waals surface area contributed by atoms with E-state index in [0.29, 0.717) is 10.5 Å². The highest BCUT2D eigenvalue weighted by Crippen LogP contribution is 2.64. The third-order valence-electron chi connectivity index (χ3n) is 5.82. The molecule has 1 amide bonds. The molecule has 0 spiro atoms. The van der Waals surface area contributed by atoms with Crippen molar-refractivity contribution >= 4 is 40.2 Å². The summed E-state index contributed by atoms with van der Waals surface area (Å²) in [4.78, 5) is 15.8. The van der Waals surface area contributed by atoms with Crippen molar-refractivity contribution in [2.75, 3.05) is 0 Å². The Balaban J connectivity index is 1.55. The second-order valence-electron chi connectivity index (χ2n) is 7.48. The minimum atomic E-state index is -0.126. The Morgan fingerprint density at radius 3 is 2.26 bits per heavy atom. The number of benzene rings is 3. The van der Waals surface area contributed by atoms with E-state index in [1.165, 1.54) is 45.5 Å². The molecule has 0 saturated heterocycles. The van der Waals surface area contributed by atoms with Crippen molar-refractivity contribution in [1.29, 1.82) is 0 Å². The van der Waals surface area contributed by atoms with Crippen molar-refractivity contribution in [3.8, 4) is 0 Å². The third-order valence-corrected chi connectivity index (χ3v) is 7.38. The molecule has 3 aliphatic rings. The Morgan fingerprint density at radius 2 is 1.59 bits per heavy atom. The van der Waals surface area contributed by atoms with Gasteiger partial charge in [0.1, 0.15) is 0 Å². The van der Waals surface area contributed by atoms with Crippen LogP contribution in [0.3, 0.4) is 0 Å². The molecular formula is C24H17NOS. The number of thioether (sulfide) groups is 1. The first-order chi connectivity index (χ1) is 13.2. The van der Waals surface area contributed by atoms with Crippen molar-refractivity contribution < 1.29 is 4.79 Å². The lowest BCUT2D eigenvalue weighted by Gasteiger charge is -2.22. The lowest BCUT2D eigenvalue weighted by molar-refractivity contribution is -0.115. The average molecular weight is 367 g/mol. The smallest absolute Gasteiger partial charge is 0.242 e. The van der Waals surface area contributed by atoms with Gasteiger partial charge in [0.15, 0.2) is 0 Å². The van der Waals surface area contributed by atoms with Crippen molar-refractivity contribution in [3.63, 3.8) is 0 Å². The van der Waals surface area contributed by atoms with E-state index in [4.69, 9.17) is 0 Å². The third kappa shape index (κ3) is 2.15. The monoisotopic (exact) mass is 367 g/mol. The lowest BCUT2D eigenvalue weighted by atomic mass is 9.81. The predicted octanol–water partition coefficient (Wildman–Crippen LogP) is 5.83. The first-order valence-electron chi connectivity index (χ1n) is 9.30. The maximum Gasteiger partial charge on any atom is 0.242 e. The van der Waals surface area contributed by atoms with Crippen LogP contribution >= 0.6 is 11.8 Å². The summed E-state index contributed by atoms with van der Waals surface area (Å²) in [7, 11) is 0. The number of carbonyl (C=O) groups excluding carboxylic acids is 1. The van der Waals surface area contributed by atoms with Crippen molar-refractivity contribution in [1.82, 2.24) is 0 Å². The second kappa shape index (κ2) is 5.43. The fourth-order valence-corrected chi connectivity index (χ4v) is 6.37. The molecular weight excluding hydrogens is 350 g/mol. The number of aliphatic imine (C=N–C) groups is 1. The zero-order chi connectivity index (χ0) is 18.1. The summed E-state index contributed by atoms with van der Waals surface area (Å²) in [5, 5.41) is 3.43. The van der Waals surface area contributed by atoms with E-state index >= 15 is 0 Å². The van der Waals surface area contributed by atoms with Gasteiger partial charge in [0.2, 0.25) is 5.91 Å². The molecule has 2 nitrogen and oxygen atoms in total. The molecule has 0 saturated carbocycles. The van der Waals surface area contributed by atoms with Crippen molar-refractivity contribution in [2.24, 2.45) is 4.99 Å². The molecule has 3 heteroatoms. The van der Waals surface area contributed by atoms with Gasteiger partial charge in [0.05, 0.1) is 16.2 Å². The molecule has 3 aromatic carbocycles. The number of hydrogen-bond donors (Lipinski definition) is 0. The summed E-state index contributed by atoms with van der Waals surface area (Å²) in [6.45, 7) is 1.53. The van der Waals surface area contributed by atoms with E-state index in [1.54, 1.807) is 0 Å². The summed E-state index contributed by atoms with van der Waals surface area (Å²) in [5.74, 6) is -0.126. The fraction of sp³-hybridized carbons (Fsp3) is 0.167. The van der Waals surface area contributed by atoms with Crippen LogP contribution in [0.1, 0.15) is 57.2 Å². The zero-order valence-corrected chi connectivity index (χ0v) is 15.7. The van der Waals surface area contributed by atoms with Crippen LogP contribution in [0.2, 0.25) is 0 Å². The number of hydrogen-bond acceptors (Lipinski definition) is 2.